The van der Waals surface area contributed by atoms with Gasteiger partial charge in [-0.25, -0.2) is 4.68 Å². The van der Waals surface area contributed by atoms with Gasteiger partial charge in [-0.1, -0.05) is 29.5 Å². The Morgan fingerprint density at radius 1 is 1.22 bits per heavy atom. The molecule has 2 unspecified atom stereocenters. The topological polar surface area (TPSA) is 78.1 Å². The molecule has 0 radical (unpaired) electrons. The van der Waals surface area contributed by atoms with Crippen LogP contribution in [-0.4, -0.2) is 55.3 Å². The number of fused-ring (bicyclic) bond motifs is 1. The van der Waals surface area contributed by atoms with Crippen LogP contribution in [0.5, 0.6) is 0 Å². The largest absolute Gasteiger partial charge is 0.466 e. The summed E-state index contributed by atoms with van der Waals surface area (Å²) in [6.07, 6.45) is 6.52. The molecule has 4 aromatic rings. The molecule has 2 aromatic heterocycles. The maximum Gasteiger partial charge on any atom is 0.306 e. The molecule has 1 aliphatic heterocycles. The van der Waals surface area contributed by atoms with Crippen LogP contribution in [0.2, 0.25) is 0 Å². The third kappa shape index (κ3) is 5.30. The molecule has 3 heterocycles. The molecule has 194 valence electrons. The fourth-order valence-corrected chi connectivity index (χ4v) is 5.63. The summed E-state index contributed by atoms with van der Waals surface area (Å²) in [6, 6.07) is 13.2. The minimum atomic E-state index is -0.189. The average Bonchev–Trinajstić information content (AvgIpc) is 3.56. The second-order valence-electron chi connectivity index (χ2n) is 10.1. The minimum absolute atomic E-state index is 0.122. The van der Waals surface area contributed by atoms with Crippen molar-refractivity contribution in [3.8, 4) is 0 Å². The number of aromatic nitrogens is 5. The fraction of sp³-hybridized carbons (Fsp3) is 0.448. The van der Waals surface area contributed by atoms with Crippen LogP contribution in [0.3, 0.4) is 0 Å². The molecule has 0 aliphatic carbocycles. The third-order valence-electron chi connectivity index (χ3n) is 7.68. The van der Waals surface area contributed by atoms with E-state index in [1.807, 2.05) is 32.3 Å². The van der Waals surface area contributed by atoms with E-state index in [2.05, 4.69) is 69.3 Å². The molecule has 1 saturated heterocycles. The average molecular weight is 501 g/mol. The fourth-order valence-electron chi connectivity index (χ4n) is 5.63. The van der Waals surface area contributed by atoms with E-state index >= 15 is 0 Å². The molecule has 0 saturated carbocycles. The molecular formula is C29H36N6O2. The van der Waals surface area contributed by atoms with Crippen molar-refractivity contribution in [1.82, 2.24) is 29.7 Å². The molecular weight excluding hydrogens is 464 g/mol. The Hall–Kier alpha value is -3.52. The number of nitrogens with zero attached hydrogens (tertiary/aromatic N) is 6. The zero-order chi connectivity index (χ0) is 25.9. The van der Waals surface area contributed by atoms with E-state index in [-0.39, 0.29) is 18.3 Å². The first kappa shape index (κ1) is 25.1. The molecule has 1 fully saturated rings. The first-order valence-electron chi connectivity index (χ1n) is 13.2. The second-order valence-corrected chi connectivity index (χ2v) is 10.1. The summed E-state index contributed by atoms with van der Waals surface area (Å²) in [5, 5.41) is 13.1. The van der Waals surface area contributed by atoms with Crippen LogP contribution >= 0.6 is 0 Å². The number of likely N-dealkylation sites (tertiary alicyclic amines) is 1. The van der Waals surface area contributed by atoms with Crippen molar-refractivity contribution >= 4 is 17.0 Å². The molecule has 37 heavy (non-hydrogen) atoms. The minimum Gasteiger partial charge on any atom is -0.466 e. The number of aryl methyl sites for hydroxylation is 3. The van der Waals surface area contributed by atoms with Crippen LogP contribution in [0.25, 0.3) is 11.0 Å². The summed E-state index contributed by atoms with van der Waals surface area (Å²) < 4.78 is 9.26. The highest BCUT2D eigenvalue weighted by molar-refractivity contribution is 5.80. The summed E-state index contributed by atoms with van der Waals surface area (Å²) in [5.74, 6) is -0.311. The summed E-state index contributed by atoms with van der Waals surface area (Å²) >= 11 is 0. The lowest BCUT2D eigenvalue weighted by Crippen LogP contribution is -2.36. The highest BCUT2D eigenvalue weighted by Crippen LogP contribution is 2.35. The first-order valence-corrected chi connectivity index (χ1v) is 13.2. The Morgan fingerprint density at radius 2 is 2.08 bits per heavy atom. The summed E-state index contributed by atoms with van der Waals surface area (Å²) in [4.78, 5) is 15.3. The van der Waals surface area contributed by atoms with Crippen LogP contribution < -0.4 is 0 Å². The van der Waals surface area contributed by atoms with Crippen LogP contribution in [-0.2, 0) is 23.1 Å². The monoisotopic (exact) mass is 500 g/mol. The molecule has 5 rings (SSSR count). The lowest BCUT2D eigenvalue weighted by molar-refractivity contribution is -0.143. The predicted octanol–water partition coefficient (Wildman–Crippen LogP) is 4.70. The van der Waals surface area contributed by atoms with Gasteiger partial charge in [-0.05, 0) is 80.1 Å². The van der Waals surface area contributed by atoms with Crippen LogP contribution in [0.1, 0.15) is 66.0 Å². The van der Waals surface area contributed by atoms with Crippen molar-refractivity contribution in [2.75, 3.05) is 19.7 Å². The number of benzene rings is 2. The van der Waals surface area contributed by atoms with E-state index in [9.17, 15) is 4.79 Å². The lowest BCUT2D eigenvalue weighted by atomic mass is 9.84. The van der Waals surface area contributed by atoms with Crippen molar-refractivity contribution in [3.63, 3.8) is 0 Å². The Bertz CT molecular complexity index is 1380. The van der Waals surface area contributed by atoms with Gasteiger partial charge in [0, 0.05) is 38.4 Å². The number of hydrogen-bond donors (Lipinski definition) is 0. The van der Waals surface area contributed by atoms with Crippen molar-refractivity contribution in [3.05, 3.63) is 76.6 Å². The number of rotatable bonds is 8. The van der Waals surface area contributed by atoms with Gasteiger partial charge >= 0.3 is 5.97 Å². The highest BCUT2D eigenvalue weighted by Gasteiger charge is 2.25. The van der Waals surface area contributed by atoms with E-state index < -0.39 is 0 Å². The molecule has 0 bridgehead atoms. The highest BCUT2D eigenvalue weighted by atomic mass is 16.5. The van der Waals surface area contributed by atoms with Gasteiger partial charge < -0.3 is 4.74 Å². The molecule has 8 nitrogen and oxygen atoms in total. The van der Waals surface area contributed by atoms with Crippen LogP contribution in [0.15, 0.2) is 48.8 Å². The van der Waals surface area contributed by atoms with Gasteiger partial charge in [0.2, 0.25) is 0 Å². The molecule has 2 atom stereocenters. The van der Waals surface area contributed by atoms with Crippen LogP contribution in [0, 0.1) is 13.8 Å². The number of carbonyl (C=O) groups is 1. The van der Waals surface area contributed by atoms with Gasteiger partial charge in [-0.3, -0.25) is 14.4 Å². The Morgan fingerprint density at radius 3 is 2.86 bits per heavy atom. The van der Waals surface area contributed by atoms with E-state index in [0.717, 1.165) is 60.2 Å². The lowest BCUT2D eigenvalue weighted by Gasteiger charge is -2.33. The zero-order valence-electron chi connectivity index (χ0n) is 22.2. The van der Waals surface area contributed by atoms with Crippen molar-refractivity contribution in [2.24, 2.45) is 7.05 Å². The van der Waals surface area contributed by atoms with E-state index in [4.69, 9.17) is 4.74 Å². The Kier molecular flexibility index (Phi) is 7.37. The van der Waals surface area contributed by atoms with E-state index in [0.29, 0.717) is 12.6 Å². The van der Waals surface area contributed by atoms with Crippen molar-refractivity contribution in [1.29, 1.82) is 0 Å². The molecule has 0 amide bonds. The van der Waals surface area contributed by atoms with Crippen molar-refractivity contribution < 1.29 is 9.53 Å². The Labute approximate surface area is 218 Å². The summed E-state index contributed by atoms with van der Waals surface area (Å²) in [7, 11) is 1.90. The van der Waals surface area contributed by atoms with Gasteiger partial charge in [0.1, 0.15) is 5.52 Å². The maximum atomic E-state index is 12.7. The van der Waals surface area contributed by atoms with Gasteiger partial charge in [0.15, 0.2) is 0 Å². The SMILES string of the molecule is CCOC(=O)CC(c1ccc(C)c(CN2CCCC(n3cccn3)C2)c1)c1ccc2c(nnn2C)c1C. The number of carbonyl (C=O) groups excluding carboxylic acids is 1. The summed E-state index contributed by atoms with van der Waals surface area (Å²) in [5.41, 5.74) is 7.69. The second kappa shape index (κ2) is 10.8. The quantitative estimate of drug-likeness (QED) is 0.326. The molecule has 0 spiro atoms. The smallest absolute Gasteiger partial charge is 0.306 e. The number of hydrogen-bond acceptors (Lipinski definition) is 6. The Balaban J connectivity index is 1.46. The van der Waals surface area contributed by atoms with Gasteiger partial charge in [-0.2, -0.15) is 5.10 Å². The maximum absolute atomic E-state index is 12.7. The van der Waals surface area contributed by atoms with E-state index in [1.165, 1.54) is 11.1 Å². The standard InChI is InChI=1S/C29H36N6O2/c1-5-37-28(36)17-26(25-11-12-27-29(21(25)3)31-32-33(27)4)22-10-9-20(2)23(16-22)18-34-14-6-8-24(19-34)35-15-7-13-30-35/h7,9-13,15-16,24,26H,5-6,8,14,17-19H2,1-4H3. The normalized spacial score (nSPS) is 17.2. The molecule has 0 N–H and O–H groups in total. The summed E-state index contributed by atoms with van der Waals surface area (Å²) in [6.45, 7) is 9.41. The third-order valence-corrected chi connectivity index (χ3v) is 7.68. The van der Waals surface area contributed by atoms with Gasteiger partial charge in [0.25, 0.3) is 0 Å². The number of piperidine rings is 1. The van der Waals surface area contributed by atoms with Crippen molar-refractivity contribution in [2.45, 2.75) is 58.5 Å². The zero-order valence-corrected chi connectivity index (χ0v) is 22.2. The molecule has 1 aliphatic rings. The molecule has 8 heteroatoms. The van der Waals surface area contributed by atoms with Gasteiger partial charge in [-0.15, -0.1) is 5.10 Å². The van der Waals surface area contributed by atoms with E-state index in [1.54, 1.807) is 4.68 Å². The first-order chi connectivity index (χ1) is 17.9. The number of ether oxygens (including phenoxy) is 1. The van der Waals surface area contributed by atoms with Gasteiger partial charge in [0.05, 0.1) is 24.6 Å². The number of esters is 1. The predicted molar refractivity (Wildman–Crippen MR) is 143 cm³/mol. The van der Waals surface area contributed by atoms with Crippen LogP contribution in [0.4, 0.5) is 0 Å². The molecule has 2 aromatic carbocycles.